The molecular formula is C20H23N3O4S. The number of ketones is 1. The molecule has 2 aliphatic rings. The Morgan fingerprint density at radius 2 is 2.00 bits per heavy atom. The smallest absolute Gasteiger partial charge is 0.276 e. The Kier molecular flexibility index (Phi) is 4.82. The molecule has 1 aromatic carbocycles. The molecule has 1 saturated heterocycles. The van der Waals surface area contributed by atoms with Crippen LogP contribution in [0.2, 0.25) is 0 Å². The SMILES string of the molecule is CC(=O)c1cccc(NC(=O)c2nn([C@H]3CCS(=O)(=O)C3)c3c2CCCC3)c1. The van der Waals surface area contributed by atoms with Crippen molar-refractivity contribution in [2.24, 2.45) is 0 Å². The van der Waals surface area contributed by atoms with Crippen LogP contribution in [-0.2, 0) is 22.7 Å². The summed E-state index contributed by atoms with van der Waals surface area (Å²) in [7, 11) is -3.04. The first-order valence-electron chi connectivity index (χ1n) is 9.57. The van der Waals surface area contributed by atoms with Crippen LogP contribution >= 0.6 is 0 Å². The first-order chi connectivity index (χ1) is 13.3. The molecule has 148 valence electrons. The van der Waals surface area contributed by atoms with E-state index < -0.39 is 9.84 Å². The second kappa shape index (κ2) is 7.16. The van der Waals surface area contributed by atoms with Crippen LogP contribution in [0.4, 0.5) is 5.69 Å². The van der Waals surface area contributed by atoms with Crippen molar-refractivity contribution in [3.63, 3.8) is 0 Å². The fourth-order valence-corrected chi connectivity index (χ4v) is 5.78. The minimum absolute atomic E-state index is 0.0693. The molecule has 0 saturated carbocycles. The average molecular weight is 401 g/mol. The van der Waals surface area contributed by atoms with Crippen molar-refractivity contribution in [3.8, 4) is 0 Å². The predicted octanol–water partition coefficient (Wildman–Crippen LogP) is 2.58. The second-order valence-electron chi connectivity index (χ2n) is 7.57. The minimum atomic E-state index is -3.04. The largest absolute Gasteiger partial charge is 0.321 e. The lowest BCUT2D eigenvalue weighted by molar-refractivity contribution is 0.100. The molecule has 0 spiro atoms. The third kappa shape index (κ3) is 3.61. The van der Waals surface area contributed by atoms with Crippen LogP contribution in [0.15, 0.2) is 24.3 Å². The molecule has 4 rings (SSSR count). The summed E-state index contributed by atoms with van der Waals surface area (Å²) in [4.78, 5) is 24.5. The maximum Gasteiger partial charge on any atom is 0.276 e. The highest BCUT2D eigenvalue weighted by atomic mass is 32.2. The summed E-state index contributed by atoms with van der Waals surface area (Å²) >= 11 is 0. The van der Waals surface area contributed by atoms with Gasteiger partial charge in [-0.05, 0) is 51.2 Å². The third-order valence-corrected chi connectivity index (χ3v) is 7.26. The van der Waals surface area contributed by atoms with Crippen molar-refractivity contribution >= 4 is 27.2 Å². The van der Waals surface area contributed by atoms with Crippen LogP contribution in [0.25, 0.3) is 0 Å². The number of benzene rings is 1. The highest BCUT2D eigenvalue weighted by molar-refractivity contribution is 7.91. The van der Waals surface area contributed by atoms with E-state index in [9.17, 15) is 18.0 Å². The molecule has 7 nitrogen and oxygen atoms in total. The number of rotatable bonds is 4. The Balaban J connectivity index is 1.65. The lowest BCUT2D eigenvalue weighted by Gasteiger charge is -2.17. The van der Waals surface area contributed by atoms with Crippen molar-refractivity contribution < 1.29 is 18.0 Å². The summed E-state index contributed by atoms with van der Waals surface area (Å²) in [5, 5.41) is 7.40. The Hall–Kier alpha value is -2.48. The van der Waals surface area contributed by atoms with Gasteiger partial charge in [-0.25, -0.2) is 8.42 Å². The Morgan fingerprint density at radius 3 is 2.71 bits per heavy atom. The molecule has 0 bridgehead atoms. The van der Waals surface area contributed by atoms with Gasteiger partial charge < -0.3 is 5.32 Å². The van der Waals surface area contributed by atoms with Crippen molar-refractivity contribution in [1.82, 2.24) is 9.78 Å². The molecule has 2 heterocycles. The fourth-order valence-electron chi connectivity index (χ4n) is 4.08. The molecule has 1 aromatic heterocycles. The number of carbonyl (C=O) groups excluding carboxylic acids is 2. The van der Waals surface area contributed by atoms with E-state index in [2.05, 4.69) is 10.4 Å². The summed E-state index contributed by atoms with van der Waals surface area (Å²) in [5.41, 5.74) is 3.36. The molecule has 8 heteroatoms. The number of sulfone groups is 1. The van der Waals surface area contributed by atoms with Crippen molar-refractivity contribution in [2.45, 2.75) is 45.1 Å². The van der Waals surface area contributed by atoms with Crippen LogP contribution in [0.1, 0.15) is 64.3 Å². The van der Waals surface area contributed by atoms with Crippen LogP contribution in [0, 0.1) is 0 Å². The van der Waals surface area contributed by atoms with Gasteiger partial charge in [0.25, 0.3) is 5.91 Å². The summed E-state index contributed by atoms with van der Waals surface area (Å²) < 4.78 is 25.6. The normalized spacial score (nSPS) is 20.5. The number of Topliss-reactive ketones (excluding diaryl/α,β-unsaturated/α-hetero) is 1. The summed E-state index contributed by atoms with van der Waals surface area (Å²) in [6.07, 6.45) is 4.12. The van der Waals surface area contributed by atoms with Gasteiger partial charge in [-0.15, -0.1) is 0 Å². The van der Waals surface area contributed by atoms with Gasteiger partial charge >= 0.3 is 0 Å². The van der Waals surface area contributed by atoms with E-state index in [1.165, 1.54) is 6.92 Å². The highest BCUT2D eigenvalue weighted by Gasteiger charge is 2.34. The predicted molar refractivity (Wildman–Crippen MR) is 106 cm³/mol. The number of amides is 1. The van der Waals surface area contributed by atoms with E-state index in [1.54, 1.807) is 28.9 Å². The summed E-state index contributed by atoms with van der Waals surface area (Å²) in [6.45, 7) is 1.48. The zero-order valence-corrected chi connectivity index (χ0v) is 16.6. The lowest BCUT2D eigenvalue weighted by Crippen LogP contribution is -2.17. The van der Waals surface area contributed by atoms with E-state index in [0.717, 1.165) is 36.9 Å². The number of nitrogens with one attached hydrogen (secondary N) is 1. The maximum atomic E-state index is 12.9. The zero-order valence-electron chi connectivity index (χ0n) is 15.8. The van der Waals surface area contributed by atoms with Gasteiger partial charge in [0, 0.05) is 22.5 Å². The number of hydrogen-bond acceptors (Lipinski definition) is 5. The first-order valence-corrected chi connectivity index (χ1v) is 11.4. The van der Waals surface area contributed by atoms with E-state index in [-0.39, 0.29) is 29.2 Å². The number of aromatic nitrogens is 2. The molecule has 1 atom stereocenters. The number of nitrogens with zero attached hydrogens (tertiary/aromatic N) is 2. The van der Waals surface area contributed by atoms with Gasteiger partial charge in [0.2, 0.25) is 0 Å². The molecule has 1 aliphatic carbocycles. The molecule has 1 aliphatic heterocycles. The zero-order chi connectivity index (χ0) is 19.9. The number of carbonyl (C=O) groups is 2. The molecular weight excluding hydrogens is 378 g/mol. The highest BCUT2D eigenvalue weighted by Crippen LogP contribution is 2.31. The van der Waals surface area contributed by atoms with Crippen molar-refractivity contribution in [2.75, 3.05) is 16.8 Å². The topological polar surface area (TPSA) is 98.1 Å². The van der Waals surface area contributed by atoms with Crippen molar-refractivity contribution in [3.05, 3.63) is 46.8 Å². The molecule has 0 unspecified atom stereocenters. The molecule has 2 aromatic rings. The van der Waals surface area contributed by atoms with E-state index >= 15 is 0 Å². The van der Waals surface area contributed by atoms with Crippen LogP contribution in [0.5, 0.6) is 0 Å². The van der Waals surface area contributed by atoms with Crippen LogP contribution in [0.3, 0.4) is 0 Å². The molecule has 1 amide bonds. The van der Waals surface area contributed by atoms with E-state index in [1.807, 2.05) is 0 Å². The van der Waals surface area contributed by atoms with Crippen LogP contribution in [-0.4, -0.2) is 41.4 Å². The Labute approximate surface area is 164 Å². The minimum Gasteiger partial charge on any atom is -0.321 e. The lowest BCUT2D eigenvalue weighted by atomic mass is 9.95. The van der Waals surface area contributed by atoms with E-state index in [4.69, 9.17) is 0 Å². The summed E-state index contributed by atoms with van der Waals surface area (Å²) in [6, 6.07) is 6.61. The third-order valence-electron chi connectivity index (χ3n) is 5.51. The van der Waals surface area contributed by atoms with Crippen LogP contribution < -0.4 is 5.32 Å². The first kappa shape index (κ1) is 18.9. The Morgan fingerprint density at radius 1 is 1.21 bits per heavy atom. The van der Waals surface area contributed by atoms with Gasteiger partial charge in [-0.3, -0.25) is 14.3 Å². The fraction of sp³-hybridized carbons (Fsp3) is 0.450. The standard InChI is InChI=1S/C20H23N3O4S/c1-13(24)14-5-4-6-15(11-14)21-20(25)19-17-7-2-3-8-18(17)23(22-19)16-9-10-28(26,27)12-16/h4-6,11,16H,2-3,7-10,12H2,1H3,(H,21,25)/t16-/m0/s1. The number of fused-ring (bicyclic) bond motifs is 1. The molecule has 1 N–H and O–H groups in total. The molecule has 28 heavy (non-hydrogen) atoms. The van der Waals surface area contributed by atoms with Gasteiger partial charge in [0.15, 0.2) is 21.3 Å². The summed E-state index contributed by atoms with van der Waals surface area (Å²) in [5.74, 6) is -0.132. The number of anilines is 1. The molecule has 0 radical (unpaired) electrons. The van der Waals surface area contributed by atoms with Crippen molar-refractivity contribution in [1.29, 1.82) is 0 Å². The van der Waals surface area contributed by atoms with E-state index in [0.29, 0.717) is 23.4 Å². The van der Waals surface area contributed by atoms with Gasteiger partial charge in [0.1, 0.15) is 0 Å². The Bertz CT molecular complexity index is 1060. The quantitative estimate of drug-likeness (QED) is 0.794. The van der Waals surface area contributed by atoms with Gasteiger partial charge in [0.05, 0.1) is 17.5 Å². The monoisotopic (exact) mass is 401 g/mol. The second-order valence-corrected chi connectivity index (χ2v) is 9.80. The van der Waals surface area contributed by atoms with Gasteiger partial charge in [-0.1, -0.05) is 12.1 Å². The maximum absolute atomic E-state index is 12.9. The molecule has 1 fully saturated rings. The number of hydrogen-bond donors (Lipinski definition) is 1. The van der Waals surface area contributed by atoms with Gasteiger partial charge in [-0.2, -0.15) is 5.10 Å². The average Bonchev–Trinajstić information content (AvgIpc) is 3.22.